The highest BCUT2D eigenvalue weighted by molar-refractivity contribution is 7.90. The SMILES string of the molecule is C/C(=N/NC(=S)N[C@H]1CCCC[C@@H]1C)c1ccc(S(C)(=O)=O)cc1. The molecule has 0 heterocycles. The van der Waals surface area contributed by atoms with E-state index in [2.05, 4.69) is 22.8 Å². The predicted octanol–water partition coefficient (Wildman–Crippen LogP) is 2.86. The molecule has 1 aromatic carbocycles. The molecule has 0 bridgehead atoms. The molecule has 1 saturated carbocycles. The zero-order chi connectivity index (χ0) is 17.7. The lowest BCUT2D eigenvalue weighted by atomic mass is 9.86. The number of nitrogens with zero attached hydrogens (tertiary/aromatic N) is 1. The Morgan fingerprint density at radius 1 is 1.21 bits per heavy atom. The number of thiocarbonyl (C=S) groups is 1. The summed E-state index contributed by atoms with van der Waals surface area (Å²) in [5.74, 6) is 0.618. The van der Waals surface area contributed by atoms with E-state index < -0.39 is 9.84 Å². The van der Waals surface area contributed by atoms with Crippen LogP contribution in [0.1, 0.15) is 45.1 Å². The first-order chi connectivity index (χ1) is 11.3. The molecular formula is C17H25N3O2S2. The zero-order valence-electron chi connectivity index (χ0n) is 14.4. The monoisotopic (exact) mass is 367 g/mol. The van der Waals surface area contributed by atoms with Crippen LogP contribution in [0.4, 0.5) is 0 Å². The first-order valence-corrected chi connectivity index (χ1v) is 10.5. The number of hydrogen-bond acceptors (Lipinski definition) is 4. The molecule has 1 aromatic rings. The van der Waals surface area contributed by atoms with E-state index in [4.69, 9.17) is 12.2 Å². The molecule has 0 aliphatic heterocycles. The van der Waals surface area contributed by atoms with Gasteiger partial charge in [0.05, 0.1) is 10.6 Å². The second kappa shape index (κ2) is 8.07. The summed E-state index contributed by atoms with van der Waals surface area (Å²) in [4.78, 5) is 0.301. The first-order valence-electron chi connectivity index (χ1n) is 8.18. The summed E-state index contributed by atoms with van der Waals surface area (Å²) in [7, 11) is -3.18. The van der Waals surface area contributed by atoms with Crippen LogP contribution in [0.25, 0.3) is 0 Å². The molecule has 2 atom stereocenters. The smallest absolute Gasteiger partial charge is 0.187 e. The maximum atomic E-state index is 11.5. The molecule has 0 spiro atoms. The second-order valence-electron chi connectivity index (χ2n) is 6.45. The Kier molecular flexibility index (Phi) is 6.34. The highest BCUT2D eigenvalue weighted by Gasteiger charge is 2.21. The van der Waals surface area contributed by atoms with Crippen LogP contribution in [0.2, 0.25) is 0 Å². The first kappa shape index (κ1) is 18.9. The number of sulfone groups is 1. The Morgan fingerprint density at radius 3 is 2.42 bits per heavy atom. The van der Waals surface area contributed by atoms with Gasteiger partial charge in [-0.25, -0.2) is 8.42 Å². The van der Waals surface area contributed by atoms with Crippen molar-refractivity contribution in [2.24, 2.45) is 11.0 Å². The average molecular weight is 368 g/mol. The molecular weight excluding hydrogens is 342 g/mol. The van der Waals surface area contributed by atoms with E-state index in [1.165, 1.54) is 25.5 Å². The van der Waals surface area contributed by atoms with Crippen molar-refractivity contribution in [1.29, 1.82) is 0 Å². The number of hydrazone groups is 1. The van der Waals surface area contributed by atoms with E-state index in [0.717, 1.165) is 17.7 Å². The summed E-state index contributed by atoms with van der Waals surface area (Å²) in [5, 5.41) is 8.16. The van der Waals surface area contributed by atoms with Gasteiger partial charge in [0.25, 0.3) is 0 Å². The van der Waals surface area contributed by atoms with Crippen molar-refractivity contribution in [3.8, 4) is 0 Å². The van der Waals surface area contributed by atoms with Crippen LogP contribution < -0.4 is 10.7 Å². The molecule has 2 N–H and O–H groups in total. The quantitative estimate of drug-likeness (QED) is 0.486. The van der Waals surface area contributed by atoms with Gasteiger partial charge in [0.1, 0.15) is 0 Å². The molecule has 1 fully saturated rings. The van der Waals surface area contributed by atoms with Gasteiger partial charge in [-0.05, 0) is 55.6 Å². The second-order valence-corrected chi connectivity index (χ2v) is 8.87. The maximum Gasteiger partial charge on any atom is 0.187 e. The lowest BCUT2D eigenvalue weighted by molar-refractivity contribution is 0.308. The van der Waals surface area contributed by atoms with Crippen molar-refractivity contribution in [1.82, 2.24) is 10.7 Å². The van der Waals surface area contributed by atoms with Crippen LogP contribution in [-0.4, -0.2) is 31.5 Å². The molecule has 0 amide bonds. The Bertz CT molecular complexity index is 712. The summed E-state index contributed by atoms with van der Waals surface area (Å²) in [6, 6.07) is 7.07. The van der Waals surface area contributed by atoms with Crippen molar-refractivity contribution in [3.63, 3.8) is 0 Å². The maximum absolute atomic E-state index is 11.5. The van der Waals surface area contributed by atoms with Crippen LogP contribution in [0.15, 0.2) is 34.3 Å². The summed E-state index contributed by atoms with van der Waals surface area (Å²) in [6.07, 6.45) is 6.09. The fourth-order valence-electron chi connectivity index (χ4n) is 2.87. The molecule has 2 rings (SSSR count). The highest BCUT2D eigenvalue weighted by Crippen LogP contribution is 2.23. The third kappa shape index (κ3) is 5.27. The van der Waals surface area contributed by atoms with Crippen LogP contribution in [0, 0.1) is 5.92 Å². The lowest BCUT2D eigenvalue weighted by Crippen LogP contribution is -2.44. The number of nitrogens with one attached hydrogen (secondary N) is 2. The fourth-order valence-corrected chi connectivity index (χ4v) is 3.70. The van der Waals surface area contributed by atoms with Gasteiger partial charge >= 0.3 is 0 Å². The molecule has 1 aliphatic carbocycles. The molecule has 1 aliphatic rings. The van der Waals surface area contributed by atoms with Crippen molar-refractivity contribution < 1.29 is 8.42 Å². The van der Waals surface area contributed by atoms with Crippen LogP contribution in [0.3, 0.4) is 0 Å². The predicted molar refractivity (Wildman–Crippen MR) is 102 cm³/mol. The van der Waals surface area contributed by atoms with E-state index in [9.17, 15) is 8.42 Å². The largest absolute Gasteiger partial charge is 0.358 e. The van der Waals surface area contributed by atoms with Gasteiger partial charge in [-0.1, -0.05) is 31.9 Å². The van der Waals surface area contributed by atoms with E-state index in [1.54, 1.807) is 24.3 Å². The van der Waals surface area contributed by atoms with Crippen molar-refractivity contribution >= 4 is 32.9 Å². The number of rotatable bonds is 4. The lowest BCUT2D eigenvalue weighted by Gasteiger charge is -2.30. The van der Waals surface area contributed by atoms with Gasteiger partial charge in [0, 0.05) is 12.3 Å². The normalized spacial score (nSPS) is 22.0. The molecule has 0 radical (unpaired) electrons. The van der Waals surface area contributed by atoms with Gasteiger partial charge in [-0.3, -0.25) is 5.43 Å². The van der Waals surface area contributed by atoms with Gasteiger partial charge in [0.15, 0.2) is 14.9 Å². The topological polar surface area (TPSA) is 70.6 Å². The Morgan fingerprint density at radius 2 is 1.83 bits per heavy atom. The minimum absolute atomic E-state index is 0.301. The number of hydrogen-bond donors (Lipinski definition) is 2. The molecule has 0 unspecified atom stereocenters. The average Bonchev–Trinajstić information content (AvgIpc) is 2.54. The summed E-state index contributed by atoms with van der Waals surface area (Å²) in [6.45, 7) is 4.10. The van der Waals surface area contributed by atoms with Crippen molar-refractivity contribution in [2.75, 3.05) is 6.26 Å². The molecule has 5 nitrogen and oxygen atoms in total. The van der Waals surface area contributed by atoms with Crippen LogP contribution >= 0.6 is 12.2 Å². The van der Waals surface area contributed by atoms with Crippen molar-refractivity contribution in [2.45, 2.75) is 50.5 Å². The van der Waals surface area contributed by atoms with E-state index in [1.807, 2.05) is 6.92 Å². The number of benzene rings is 1. The van der Waals surface area contributed by atoms with Crippen molar-refractivity contribution in [3.05, 3.63) is 29.8 Å². The van der Waals surface area contributed by atoms with Gasteiger partial charge in [-0.2, -0.15) is 5.10 Å². The van der Waals surface area contributed by atoms with Gasteiger partial charge in [0.2, 0.25) is 0 Å². The molecule has 0 saturated heterocycles. The summed E-state index contributed by atoms with van der Waals surface area (Å²) < 4.78 is 23.0. The third-order valence-corrected chi connectivity index (χ3v) is 5.79. The van der Waals surface area contributed by atoms with Gasteiger partial charge in [-0.15, -0.1) is 0 Å². The van der Waals surface area contributed by atoms with E-state index in [0.29, 0.717) is 22.0 Å². The Balaban J connectivity index is 1.94. The van der Waals surface area contributed by atoms with Crippen LogP contribution in [-0.2, 0) is 9.84 Å². The van der Waals surface area contributed by atoms with Gasteiger partial charge < -0.3 is 5.32 Å². The highest BCUT2D eigenvalue weighted by atomic mass is 32.2. The molecule has 0 aromatic heterocycles. The fraction of sp³-hybridized carbons (Fsp3) is 0.529. The molecule has 24 heavy (non-hydrogen) atoms. The Labute approximate surface area is 149 Å². The molecule has 132 valence electrons. The third-order valence-electron chi connectivity index (χ3n) is 4.45. The minimum Gasteiger partial charge on any atom is -0.358 e. The molecule has 7 heteroatoms. The zero-order valence-corrected chi connectivity index (χ0v) is 16.0. The Hall–Kier alpha value is -1.47. The minimum atomic E-state index is -3.18. The summed E-state index contributed by atoms with van der Waals surface area (Å²) >= 11 is 5.32. The standard InChI is InChI=1S/C17H25N3O2S2/c1-12-6-4-5-7-16(12)18-17(23)20-19-13(2)14-8-10-15(11-9-14)24(3,21)22/h8-12,16H,4-7H2,1-3H3,(H2,18,20,23)/b19-13-/t12-,16-/m0/s1. The van der Waals surface area contributed by atoms with E-state index >= 15 is 0 Å². The van der Waals surface area contributed by atoms with E-state index in [-0.39, 0.29) is 0 Å². The summed E-state index contributed by atoms with van der Waals surface area (Å²) in [5.41, 5.74) is 4.48. The van der Waals surface area contributed by atoms with Crippen LogP contribution in [0.5, 0.6) is 0 Å².